The monoisotopic (exact) mass is 531 g/mol. The van der Waals surface area contributed by atoms with Crippen LogP contribution in [0.2, 0.25) is 5.15 Å². The molecule has 3 aromatic rings. The number of piperazine rings is 1. The first-order valence-electron chi connectivity index (χ1n) is 12.1. The number of ether oxygens (including phenoxy) is 1. The zero-order valence-electron chi connectivity index (χ0n) is 22.0. The Hall–Kier alpha value is -3.34. The van der Waals surface area contributed by atoms with Gasteiger partial charge in [-0.15, -0.1) is 0 Å². The lowest BCUT2D eigenvalue weighted by molar-refractivity contribution is 0.0218. The van der Waals surface area contributed by atoms with Crippen LogP contribution in [0.3, 0.4) is 0 Å². The number of halogens is 2. The van der Waals surface area contributed by atoms with Crippen LogP contribution in [0.15, 0.2) is 17.2 Å². The number of hydrogen-bond acceptors (Lipinski definition) is 8. The van der Waals surface area contributed by atoms with Gasteiger partial charge in [-0.3, -0.25) is 0 Å². The van der Waals surface area contributed by atoms with Crippen molar-refractivity contribution < 1.29 is 13.9 Å². The molecule has 0 aromatic carbocycles. The van der Waals surface area contributed by atoms with Crippen molar-refractivity contribution in [1.29, 1.82) is 0 Å². The normalized spacial score (nSPS) is 16.5. The third-order valence-corrected chi connectivity index (χ3v) is 6.38. The summed E-state index contributed by atoms with van der Waals surface area (Å²) < 4.78 is 21.5. The van der Waals surface area contributed by atoms with E-state index in [9.17, 15) is 14.0 Å². The molecule has 0 bridgehead atoms. The minimum absolute atomic E-state index is 0.0322. The van der Waals surface area contributed by atoms with Crippen LogP contribution in [0.4, 0.5) is 15.0 Å². The van der Waals surface area contributed by atoms with Gasteiger partial charge in [0.2, 0.25) is 0 Å². The van der Waals surface area contributed by atoms with Crippen molar-refractivity contribution in [3.05, 3.63) is 45.2 Å². The number of hydrogen-bond donors (Lipinski definition) is 0. The zero-order chi connectivity index (χ0) is 27.2. The van der Waals surface area contributed by atoms with E-state index in [4.69, 9.17) is 16.3 Å². The predicted molar refractivity (Wildman–Crippen MR) is 139 cm³/mol. The smallest absolute Gasteiger partial charge is 0.410 e. The summed E-state index contributed by atoms with van der Waals surface area (Å²) in [6, 6.07) is 1.00. The Balaban J connectivity index is 1.85. The Bertz CT molecular complexity index is 1420. The average Bonchev–Trinajstić information content (AvgIpc) is 2.79. The van der Waals surface area contributed by atoms with E-state index in [0.29, 0.717) is 42.1 Å². The molecule has 12 heteroatoms. The lowest BCUT2D eigenvalue weighted by Crippen LogP contribution is -2.55. The van der Waals surface area contributed by atoms with E-state index in [0.717, 1.165) is 0 Å². The van der Waals surface area contributed by atoms with E-state index in [1.807, 2.05) is 46.4 Å². The second-order valence-electron chi connectivity index (χ2n) is 10.5. The zero-order valence-corrected chi connectivity index (χ0v) is 22.8. The molecule has 1 saturated heterocycles. The molecule has 3 aromatic heterocycles. The molecule has 10 nitrogen and oxygen atoms in total. The van der Waals surface area contributed by atoms with Crippen LogP contribution in [-0.4, -0.2) is 66.8 Å². The van der Waals surface area contributed by atoms with Gasteiger partial charge in [-0.2, -0.15) is 4.98 Å². The second-order valence-corrected chi connectivity index (χ2v) is 10.9. The predicted octanol–water partition coefficient (Wildman–Crippen LogP) is 4.24. The summed E-state index contributed by atoms with van der Waals surface area (Å²) in [6.45, 7) is 14.1. The molecule has 1 fully saturated rings. The van der Waals surface area contributed by atoms with Crippen molar-refractivity contribution in [3.8, 4) is 5.69 Å². The summed E-state index contributed by atoms with van der Waals surface area (Å²) in [4.78, 5) is 47.0. The fourth-order valence-corrected chi connectivity index (χ4v) is 4.59. The van der Waals surface area contributed by atoms with Crippen LogP contribution < -0.4 is 10.6 Å². The van der Waals surface area contributed by atoms with Gasteiger partial charge >= 0.3 is 11.8 Å². The lowest BCUT2D eigenvalue weighted by atomic mass is 10.1. The van der Waals surface area contributed by atoms with Crippen LogP contribution in [0.25, 0.3) is 16.7 Å². The summed E-state index contributed by atoms with van der Waals surface area (Å²) >= 11 is 6.09. The maximum absolute atomic E-state index is 14.7. The number of anilines is 1. The highest BCUT2D eigenvalue weighted by Crippen LogP contribution is 2.31. The van der Waals surface area contributed by atoms with E-state index in [1.165, 1.54) is 17.0 Å². The number of carbonyl (C=O) groups is 1. The van der Waals surface area contributed by atoms with Crippen molar-refractivity contribution in [2.45, 2.75) is 66.0 Å². The molecule has 0 aliphatic carbocycles. The maximum atomic E-state index is 14.7. The van der Waals surface area contributed by atoms with Crippen LogP contribution in [0, 0.1) is 12.7 Å². The first kappa shape index (κ1) is 26.7. The Kier molecular flexibility index (Phi) is 7.11. The Labute approximate surface area is 219 Å². The fraction of sp³-hybridized carbons (Fsp3) is 0.520. The third-order valence-electron chi connectivity index (χ3n) is 6.11. The first-order chi connectivity index (χ1) is 17.3. The number of aromatic nitrogens is 5. The van der Waals surface area contributed by atoms with E-state index >= 15 is 0 Å². The average molecular weight is 532 g/mol. The molecule has 198 valence electrons. The number of amides is 1. The molecular weight excluding hydrogens is 501 g/mol. The number of nitrogens with zero attached hydrogens (tertiary/aromatic N) is 7. The summed E-state index contributed by atoms with van der Waals surface area (Å²) in [7, 11) is 0. The number of aryl methyl sites for hydroxylation is 1. The van der Waals surface area contributed by atoms with Crippen molar-refractivity contribution in [3.63, 3.8) is 0 Å². The molecule has 1 aliphatic heterocycles. The van der Waals surface area contributed by atoms with Gasteiger partial charge in [-0.25, -0.2) is 33.5 Å². The molecule has 37 heavy (non-hydrogen) atoms. The van der Waals surface area contributed by atoms with Crippen molar-refractivity contribution in [2.24, 2.45) is 0 Å². The molecule has 4 rings (SSSR count). The van der Waals surface area contributed by atoms with Gasteiger partial charge in [0.1, 0.15) is 17.7 Å². The number of carbonyl (C=O) groups excluding carboxylic acids is 1. The van der Waals surface area contributed by atoms with Crippen LogP contribution in [-0.2, 0) is 4.74 Å². The summed E-state index contributed by atoms with van der Waals surface area (Å²) in [5.74, 6) is -0.487. The number of rotatable bonds is 3. The molecule has 1 atom stereocenters. The Morgan fingerprint density at radius 3 is 2.54 bits per heavy atom. The minimum atomic E-state index is -0.729. The molecule has 1 aliphatic rings. The first-order valence-corrected chi connectivity index (χ1v) is 12.5. The SMILES string of the molecule is Cc1ncnc(C(C)C)c1-n1c(=O)nc(N2CCN(C(=O)OC(C)(C)C)CC2C)c2cc(F)c(Cl)nc21. The maximum Gasteiger partial charge on any atom is 0.410 e. The molecule has 0 radical (unpaired) electrons. The van der Waals surface area contributed by atoms with Crippen molar-refractivity contribution >= 4 is 34.5 Å². The van der Waals surface area contributed by atoms with E-state index in [2.05, 4.69) is 19.9 Å². The van der Waals surface area contributed by atoms with Gasteiger partial charge in [-0.1, -0.05) is 25.4 Å². The van der Waals surface area contributed by atoms with Gasteiger partial charge in [-0.05, 0) is 46.6 Å². The Morgan fingerprint density at radius 2 is 1.92 bits per heavy atom. The van der Waals surface area contributed by atoms with Crippen LogP contribution in [0.1, 0.15) is 58.8 Å². The van der Waals surface area contributed by atoms with Gasteiger partial charge < -0.3 is 14.5 Å². The van der Waals surface area contributed by atoms with Crippen molar-refractivity contribution in [1.82, 2.24) is 29.4 Å². The summed E-state index contributed by atoms with van der Waals surface area (Å²) in [5, 5.41) is -0.0433. The van der Waals surface area contributed by atoms with Gasteiger partial charge in [0.25, 0.3) is 0 Å². The molecule has 1 unspecified atom stereocenters. The summed E-state index contributed by atoms with van der Waals surface area (Å²) in [6.07, 6.45) is 1.03. The quantitative estimate of drug-likeness (QED) is 0.462. The van der Waals surface area contributed by atoms with E-state index in [-0.39, 0.29) is 28.6 Å². The second kappa shape index (κ2) is 9.85. The van der Waals surface area contributed by atoms with Crippen LogP contribution >= 0.6 is 11.6 Å². The standard InChI is InChI=1S/C25H31ClFN7O3/c1-13(2)18-19(15(4)28-12-29-18)34-22-16(10-17(27)20(26)30-22)21(31-23(34)35)33-9-8-32(11-14(33)3)24(36)37-25(5,6)7/h10,12-14H,8-9,11H2,1-7H3. The molecular formula is C25H31ClFN7O3. The highest BCUT2D eigenvalue weighted by molar-refractivity contribution is 6.30. The largest absolute Gasteiger partial charge is 0.444 e. The fourth-order valence-electron chi connectivity index (χ4n) is 4.45. The minimum Gasteiger partial charge on any atom is -0.444 e. The van der Waals surface area contributed by atoms with Gasteiger partial charge in [0.15, 0.2) is 16.6 Å². The highest BCUT2D eigenvalue weighted by Gasteiger charge is 2.32. The number of fused-ring (bicyclic) bond motifs is 1. The van der Waals surface area contributed by atoms with Gasteiger partial charge in [0.05, 0.1) is 22.5 Å². The highest BCUT2D eigenvalue weighted by atomic mass is 35.5. The van der Waals surface area contributed by atoms with E-state index < -0.39 is 23.2 Å². The molecule has 0 saturated carbocycles. The summed E-state index contributed by atoms with van der Waals surface area (Å²) in [5.41, 5.74) is 0.563. The number of pyridine rings is 1. The van der Waals surface area contributed by atoms with E-state index in [1.54, 1.807) is 11.8 Å². The molecule has 1 amide bonds. The molecule has 0 spiro atoms. The topological polar surface area (TPSA) is 106 Å². The van der Waals surface area contributed by atoms with Crippen LogP contribution in [0.5, 0.6) is 0 Å². The molecule has 4 heterocycles. The molecule has 0 N–H and O–H groups in total. The van der Waals surface area contributed by atoms with Crippen molar-refractivity contribution in [2.75, 3.05) is 24.5 Å². The third kappa shape index (κ3) is 5.22. The Morgan fingerprint density at radius 1 is 1.22 bits per heavy atom. The lowest BCUT2D eigenvalue weighted by Gasteiger charge is -2.41. The van der Waals surface area contributed by atoms with Gasteiger partial charge in [0, 0.05) is 25.7 Å².